The van der Waals surface area contributed by atoms with Gasteiger partial charge in [0.2, 0.25) is 15.9 Å². The first-order chi connectivity index (χ1) is 13.0. The number of fused-ring (bicyclic) bond motifs is 1. The van der Waals surface area contributed by atoms with E-state index in [9.17, 15) is 13.2 Å². The van der Waals surface area contributed by atoms with Crippen molar-refractivity contribution in [1.29, 1.82) is 0 Å². The van der Waals surface area contributed by atoms with Crippen molar-refractivity contribution in [3.8, 4) is 0 Å². The SMILES string of the molecule is CCC(Br)C(=O)Nc1nc2ccc(S(=O)(=O)N(CC(C)C)CC(C)C)cc2s1. The number of benzene rings is 1. The van der Waals surface area contributed by atoms with Crippen LogP contribution < -0.4 is 5.32 Å². The summed E-state index contributed by atoms with van der Waals surface area (Å²) in [7, 11) is -3.60. The Morgan fingerprint density at radius 1 is 1.21 bits per heavy atom. The largest absolute Gasteiger partial charge is 0.301 e. The van der Waals surface area contributed by atoms with Crippen LogP contribution in [0.3, 0.4) is 0 Å². The number of amides is 1. The molecule has 156 valence electrons. The number of sulfonamides is 1. The minimum absolute atomic E-state index is 0.158. The van der Waals surface area contributed by atoms with E-state index < -0.39 is 10.0 Å². The lowest BCUT2D eigenvalue weighted by molar-refractivity contribution is -0.115. The average molecular weight is 490 g/mol. The number of aromatic nitrogens is 1. The molecule has 6 nitrogen and oxygen atoms in total. The highest BCUT2D eigenvalue weighted by Crippen LogP contribution is 2.30. The van der Waals surface area contributed by atoms with Crippen LogP contribution in [0.25, 0.3) is 10.2 Å². The first kappa shape index (κ1) is 23.3. The van der Waals surface area contributed by atoms with Crippen molar-refractivity contribution in [1.82, 2.24) is 9.29 Å². The van der Waals surface area contributed by atoms with Crippen LogP contribution in [0.15, 0.2) is 23.1 Å². The van der Waals surface area contributed by atoms with Crippen molar-refractivity contribution in [3.05, 3.63) is 18.2 Å². The standard InChI is InChI=1S/C19H28BrN3O3S2/c1-6-15(20)18(24)22-19-21-16-8-7-14(9-17(16)27-19)28(25,26)23(10-12(2)3)11-13(4)5/h7-9,12-13,15H,6,10-11H2,1-5H3,(H,21,22,24). The van der Waals surface area contributed by atoms with Crippen molar-refractivity contribution in [2.75, 3.05) is 18.4 Å². The minimum atomic E-state index is -3.60. The molecule has 0 bridgehead atoms. The van der Waals surface area contributed by atoms with Crippen LogP contribution in [-0.2, 0) is 14.8 Å². The molecule has 0 aliphatic rings. The van der Waals surface area contributed by atoms with Gasteiger partial charge in [0.25, 0.3) is 0 Å². The lowest BCUT2D eigenvalue weighted by atomic mass is 10.2. The molecule has 0 saturated carbocycles. The van der Waals surface area contributed by atoms with Crippen LogP contribution in [0, 0.1) is 11.8 Å². The summed E-state index contributed by atoms with van der Waals surface area (Å²) in [6, 6.07) is 4.94. The summed E-state index contributed by atoms with van der Waals surface area (Å²) in [6.07, 6.45) is 0.667. The molecular formula is C19H28BrN3O3S2. The van der Waals surface area contributed by atoms with E-state index in [1.165, 1.54) is 11.3 Å². The summed E-state index contributed by atoms with van der Waals surface area (Å²) in [5.41, 5.74) is 0.668. The van der Waals surface area contributed by atoms with Gasteiger partial charge in [0, 0.05) is 13.1 Å². The number of alkyl halides is 1. The Balaban J connectivity index is 2.34. The summed E-state index contributed by atoms with van der Waals surface area (Å²) in [6.45, 7) is 10.9. The molecule has 0 aliphatic carbocycles. The quantitative estimate of drug-likeness (QED) is 0.517. The zero-order valence-corrected chi connectivity index (χ0v) is 20.1. The molecule has 0 radical (unpaired) electrons. The van der Waals surface area contributed by atoms with Gasteiger partial charge in [-0.25, -0.2) is 13.4 Å². The van der Waals surface area contributed by atoms with Crippen molar-refractivity contribution in [2.45, 2.75) is 50.8 Å². The third-order valence-corrected chi connectivity index (χ3v) is 7.83. The molecule has 1 unspecified atom stereocenters. The molecule has 0 saturated heterocycles. The molecule has 2 rings (SSSR count). The maximum atomic E-state index is 13.2. The molecule has 0 aliphatic heterocycles. The summed E-state index contributed by atoms with van der Waals surface area (Å²) in [4.78, 5) is 16.4. The van der Waals surface area contributed by atoms with Crippen molar-refractivity contribution < 1.29 is 13.2 Å². The van der Waals surface area contributed by atoms with Crippen LogP contribution in [-0.4, -0.2) is 41.5 Å². The molecule has 28 heavy (non-hydrogen) atoms. The fourth-order valence-corrected chi connectivity index (χ4v) is 5.61. The molecule has 0 fully saturated rings. The van der Waals surface area contributed by atoms with Crippen molar-refractivity contribution in [2.24, 2.45) is 11.8 Å². The Bertz CT molecular complexity index is 916. The van der Waals surface area contributed by atoms with Gasteiger partial charge in [-0.15, -0.1) is 0 Å². The summed E-state index contributed by atoms with van der Waals surface area (Å²) in [5, 5.41) is 3.24. The van der Waals surface area contributed by atoms with Crippen LogP contribution in [0.4, 0.5) is 5.13 Å². The molecule has 1 aromatic heterocycles. The number of hydrogen-bond acceptors (Lipinski definition) is 5. The summed E-state index contributed by atoms with van der Waals surface area (Å²) < 4.78 is 28.7. The van der Waals surface area contributed by atoms with Gasteiger partial charge in [0.1, 0.15) is 0 Å². The first-order valence-electron chi connectivity index (χ1n) is 9.40. The summed E-state index contributed by atoms with van der Waals surface area (Å²) >= 11 is 4.59. The predicted molar refractivity (Wildman–Crippen MR) is 120 cm³/mol. The third kappa shape index (κ3) is 5.75. The van der Waals surface area contributed by atoms with Crippen molar-refractivity contribution in [3.63, 3.8) is 0 Å². The maximum Gasteiger partial charge on any atom is 0.243 e. The van der Waals surface area contributed by atoms with Crippen LogP contribution in [0.5, 0.6) is 0 Å². The van der Waals surface area contributed by atoms with Crippen LogP contribution in [0.2, 0.25) is 0 Å². The second kappa shape index (κ2) is 9.65. The molecule has 2 aromatic rings. The van der Waals surface area contributed by atoms with Gasteiger partial charge in [-0.2, -0.15) is 4.31 Å². The van der Waals surface area contributed by atoms with E-state index >= 15 is 0 Å². The number of anilines is 1. The van der Waals surface area contributed by atoms with Gasteiger partial charge >= 0.3 is 0 Å². The minimum Gasteiger partial charge on any atom is -0.301 e. The zero-order valence-electron chi connectivity index (χ0n) is 16.9. The van der Waals surface area contributed by atoms with E-state index in [1.54, 1.807) is 22.5 Å². The number of nitrogens with one attached hydrogen (secondary N) is 1. The molecule has 1 heterocycles. The van der Waals surface area contributed by atoms with E-state index in [2.05, 4.69) is 26.2 Å². The molecule has 1 amide bonds. The highest BCUT2D eigenvalue weighted by atomic mass is 79.9. The monoisotopic (exact) mass is 489 g/mol. The molecular weight excluding hydrogens is 462 g/mol. The lowest BCUT2D eigenvalue weighted by Gasteiger charge is -2.25. The molecule has 1 N–H and O–H groups in total. The average Bonchev–Trinajstić information content (AvgIpc) is 3.00. The molecule has 1 aromatic carbocycles. The van der Waals surface area contributed by atoms with Gasteiger partial charge in [0.15, 0.2) is 5.13 Å². The Morgan fingerprint density at radius 3 is 2.36 bits per heavy atom. The number of rotatable bonds is 9. The van der Waals surface area contributed by atoms with Gasteiger partial charge in [-0.1, -0.05) is 61.9 Å². The fourth-order valence-electron chi connectivity index (χ4n) is 2.72. The molecule has 1 atom stereocenters. The van der Waals surface area contributed by atoms with Crippen LogP contribution >= 0.6 is 27.3 Å². The normalized spacial score (nSPS) is 13.6. The third-order valence-electron chi connectivity index (χ3n) is 4.01. The number of carbonyl (C=O) groups is 1. The summed E-state index contributed by atoms with van der Waals surface area (Å²) in [5.74, 6) is 0.311. The Morgan fingerprint density at radius 2 is 1.82 bits per heavy atom. The van der Waals surface area contributed by atoms with E-state index in [1.807, 2.05) is 34.6 Å². The Hall–Kier alpha value is -1.03. The van der Waals surface area contributed by atoms with E-state index in [-0.39, 0.29) is 27.5 Å². The van der Waals surface area contributed by atoms with Gasteiger partial charge in [0.05, 0.1) is 19.9 Å². The second-order valence-electron chi connectivity index (χ2n) is 7.62. The number of hydrogen-bond donors (Lipinski definition) is 1. The number of nitrogens with zero attached hydrogens (tertiary/aromatic N) is 2. The highest BCUT2D eigenvalue weighted by Gasteiger charge is 2.26. The lowest BCUT2D eigenvalue weighted by Crippen LogP contribution is -2.37. The Labute approximate surface area is 179 Å². The van der Waals surface area contributed by atoms with E-state index in [0.29, 0.717) is 30.2 Å². The number of carbonyl (C=O) groups excluding carboxylic acids is 1. The van der Waals surface area contributed by atoms with Crippen LogP contribution in [0.1, 0.15) is 41.0 Å². The molecule has 9 heteroatoms. The number of thiazole rings is 1. The van der Waals surface area contributed by atoms with E-state index in [0.717, 1.165) is 4.70 Å². The smallest absolute Gasteiger partial charge is 0.243 e. The second-order valence-corrected chi connectivity index (χ2v) is 11.7. The predicted octanol–water partition coefficient (Wildman–Crippen LogP) is 4.71. The molecule has 0 spiro atoms. The Kier molecular flexibility index (Phi) is 8.01. The van der Waals surface area contributed by atoms with E-state index in [4.69, 9.17) is 0 Å². The topological polar surface area (TPSA) is 79.4 Å². The van der Waals surface area contributed by atoms with Gasteiger partial charge in [-0.05, 0) is 36.5 Å². The van der Waals surface area contributed by atoms with Gasteiger partial charge < -0.3 is 5.32 Å². The fraction of sp³-hybridized carbons (Fsp3) is 0.579. The first-order valence-corrected chi connectivity index (χ1v) is 12.6. The van der Waals surface area contributed by atoms with Crippen molar-refractivity contribution >= 4 is 58.5 Å². The highest BCUT2D eigenvalue weighted by molar-refractivity contribution is 9.10. The van der Waals surface area contributed by atoms with Gasteiger partial charge in [-0.3, -0.25) is 4.79 Å². The maximum absolute atomic E-state index is 13.2. The number of halogens is 1. The zero-order chi connectivity index (χ0) is 21.1.